The largest absolute Gasteiger partial charge is 0.434 e. The van der Waals surface area contributed by atoms with Crippen LogP contribution in [0.2, 0.25) is 0 Å². The van der Waals surface area contributed by atoms with Crippen LogP contribution >= 0.6 is 15.9 Å². The highest BCUT2D eigenvalue weighted by atomic mass is 79.9. The molecule has 0 aliphatic heterocycles. The zero-order valence-electron chi connectivity index (χ0n) is 6.77. The molecule has 1 aromatic rings. The van der Waals surface area contributed by atoms with E-state index in [9.17, 15) is 13.2 Å². The second kappa shape index (κ2) is 3.96. The summed E-state index contributed by atoms with van der Waals surface area (Å²) in [6.07, 6.45) is -3.37. The number of hydrogen-bond acceptors (Lipinski definition) is 2. The summed E-state index contributed by atoms with van der Waals surface area (Å²) < 4.78 is 36.5. The second-order valence-electron chi connectivity index (χ2n) is 2.51. The van der Waals surface area contributed by atoms with Crippen molar-refractivity contribution in [2.24, 2.45) is 0 Å². The smallest absolute Gasteiger partial charge is 0.250 e. The molecule has 0 N–H and O–H groups in total. The minimum Gasteiger partial charge on any atom is -0.250 e. The van der Waals surface area contributed by atoms with Gasteiger partial charge in [-0.15, -0.1) is 0 Å². The van der Waals surface area contributed by atoms with Crippen LogP contribution in [0.25, 0.3) is 0 Å². The second-order valence-corrected chi connectivity index (χ2v) is 3.36. The lowest BCUT2D eigenvalue weighted by Crippen LogP contribution is -2.09. The predicted molar refractivity (Wildman–Crippen MR) is 46.3 cm³/mol. The molecule has 0 spiro atoms. The summed E-state index contributed by atoms with van der Waals surface area (Å²) in [6, 6.07) is 3.08. The van der Waals surface area contributed by atoms with Gasteiger partial charge in [0, 0.05) is 10.7 Å². The van der Waals surface area contributed by atoms with Crippen molar-refractivity contribution in [3.8, 4) is 6.07 Å². The molecular formula is C8H4BrF3N2. The van der Waals surface area contributed by atoms with Gasteiger partial charge in [-0.05, 0) is 27.6 Å². The summed E-state index contributed by atoms with van der Waals surface area (Å²) in [5, 5.41) is 8.32. The van der Waals surface area contributed by atoms with E-state index >= 15 is 0 Å². The quantitative estimate of drug-likeness (QED) is 0.782. The van der Waals surface area contributed by atoms with E-state index in [0.29, 0.717) is 5.56 Å². The maximum absolute atomic E-state index is 12.2. The van der Waals surface area contributed by atoms with Crippen LogP contribution in [0.15, 0.2) is 16.7 Å². The Bertz CT molecular complexity index is 381. The molecule has 0 radical (unpaired) electrons. The maximum Gasteiger partial charge on any atom is 0.434 e. The van der Waals surface area contributed by atoms with Crippen molar-refractivity contribution in [3.63, 3.8) is 0 Å². The van der Waals surface area contributed by atoms with Gasteiger partial charge in [0.25, 0.3) is 0 Å². The fraction of sp³-hybridized carbons (Fsp3) is 0.250. The molecule has 0 aromatic carbocycles. The number of nitriles is 1. The van der Waals surface area contributed by atoms with Gasteiger partial charge in [-0.25, -0.2) is 0 Å². The molecule has 0 bridgehead atoms. The third-order valence-electron chi connectivity index (χ3n) is 1.45. The van der Waals surface area contributed by atoms with Crippen molar-refractivity contribution >= 4 is 15.9 Å². The normalized spacial score (nSPS) is 11.1. The molecule has 1 heterocycles. The Morgan fingerprint density at radius 2 is 2.14 bits per heavy atom. The van der Waals surface area contributed by atoms with E-state index < -0.39 is 11.9 Å². The summed E-state index contributed by atoms with van der Waals surface area (Å²) >= 11 is 2.76. The zero-order valence-corrected chi connectivity index (χ0v) is 8.35. The molecule has 2 nitrogen and oxygen atoms in total. The molecule has 0 amide bonds. The van der Waals surface area contributed by atoms with E-state index in [0.717, 1.165) is 6.20 Å². The standard InChI is InChI=1S/C8H4BrF3N2/c9-6-3-5(1-2-13)4-14-7(6)8(10,11)12/h3-4H,1H2. The fourth-order valence-corrected chi connectivity index (χ4v) is 1.50. The Labute approximate surface area is 86.5 Å². The van der Waals surface area contributed by atoms with E-state index in [1.807, 2.05) is 6.07 Å². The fourth-order valence-electron chi connectivity index (χ4n) is 0.874. The van der Waals surface area contributed by atoms with Gasteiger partial charge in [0.1, 0.15) is 0 Å². The van der Waals surface area contributed by atoms with Gasteiger partial charge in [-0.3, -0.25) is 4.98 Å². The van der Waals surface area contributed by atoms with E-state index in [4.69, 9.17) is 5.26 Å². The number of nitrogens with zero attached hydrogens (tertiary/aromatic N) is 2. The summed E-state index contributed by atoms with van der Waals surface area (Å²) in [5.41, 5.74) is -0.522. The van der Waals surface area contributed by atoms with Crippen molar-refractivity contribution in [1.29, 1.82) is 5.26 Å². The number of halogens is 4. The first-order valence-electron chi connectivity index (χ1n) is 3.53. The topological polar surface area (TPSA) is 36.7 Å². The molecule has 1 rings (SSSR count). The van der Waals surface area contributed by atoms with Crippen LogP contribution in [0.1, 0.15) is 11.3 Å². The van der Waals surface area contributed by atoms with Gasteiger partial charge >= 0.3 is 6.18 Å². The first-order valence-corrected chi connectivity index (χ1v) is 4.33. The van der Waals surface area contributed by atoms with Crippen molar-refractivity contribution in [1.82, 2.24) is 4.98 Å². The number of pyridine rings is 1. The van der Waals surface area contributed by atoms with Crippen molar-refractivity contribution in [3.05, 3.63) is 28.0 Å². The molecular weight excluding hydrogens is 261 g/mol. The zero-order chi connectivity index (χ0) is 10.8. The lowest BCUT2D eigenvalue weighted by molar-refractivity contribution is -0.141. The Kier molecular flexibility index (Phi) is 3.11. The van der Waals surface area contributed by atoms with Crippen LogP contribution in [0.4, 0.5) is 13.2 Å². The number of hydrogen-bond donors (Lipinski definition) is 0. The maximum atomic E-state index is 12.2. The number of aromatic nitrogens is 1. The molecule has 0 saturated heterocycles. The summed E-state index contributed by atoms with van der Waals surface area (Å²) in [4.78, 5) is 3.25. The van der Waals surface area contributed by atoms with Crippen LogP contribution in [-0.2, 0) is 12.6 Å². The number of alkyl halides is 3. The number of rotatable bonds is 1. The predicted octanol–water partition coefficient (Wildman–Crippen LogP) is 2.93. The van der Waals surface area contributed by atoms with Crippen LogP contribution in [-0.4, -0.2) is 4.98 Å². The minimum absolute atomic E-state index is 0.0454. The van der Waals surface area contributed by atoms with Gasteiger partial charge in [0.2, 0.25) is 0 Å². The van der Waals surface area contributed by atoms with Crippen molar-refractivity contribution < 1.29 is 13.2 Å². The summed E-state index contributed by atoms with van der Waals surface area (Å²) in [5.74, 6) is 0. The van der Waals surface area contributed by atoms with Crippen molar-refractivity contribution in [2.45, 2.75) is 12.6 Å². The average Bonchev–Trinajstić information content (AvgIpc) is 2.02. The molecule has 1 aromatic heterocycles. The Hall–Kier alpha value is -1.09. The van der Waals surface area contributed by atoms with Gasteiger partial charge in [-0.2, -0.15) is 18.4 Å². The monoisotopic (exact) mass is 264 g/mol. The van der Waals surface area contributed by atoms with Crippen LogP contribution in [0, 0.1) is 11.3 Å². The van der Waals surface area contributed by atoms with E-state index in [1.54, 1.807) is 0 Å². The van der Waals surface area contributed by atoms with Crippen LogP contribution in [0.3, 0.4) is 0 Å². The highest BCUT2D eigenvalue weighted by Gasteiger charge is 2.34. The molecule has 0 saturated carbocycles. The lowest BCUT2D eigenvalue weighted by Gasteiger charge is -2.07. The molecule has 14 heavy (non-hydrogen) atoms. The van der Waals surface area contributed by atoms with Gasteiger partial charge < -0.3 is 0 Å². The highest BCUT2D eigenvalue weighted by molar-refractivity contribution is 9.10. The Balaban J connectivity index is 3.09. The molecule has 0 fully saturated rings. The van der Waals surface area contributed by atoms with E-state index in [-0.39, 0.29) is 10.9 Å². The molecule has 0 aliphatic rings. The molecule has 6 heteroatoms. The van der Waals surface area contributed by atoms with E-state index in [2.05, 4.69) is 20.9 Å². The highest BCUT2D eigenvalue weighted by Crippen LogP contribution is 2.33. The minimum atomic E-state index is -4.47. The van der Waals surface area contributed by atoms with Gasteiger partial charge in [0.15, 0.2) is 5.69 Å². The van der Waals surface area contributed by atoms with E-state index in [1.165, 1.54) is 6.07 Å². The van der Waals surface area contributed by atoms with Crippen LogP contribution < -0.4 is 0 Å². The third-order valence-corrected chi connectivity index (χ3v) is 2.05. The van der Waals surface area contributed by atoms with Gasteiger partial charge in [0.05, 0.1) is 12.5 Å². The molecule has 0 aliphatic carbocycles. The first-order chi connectivity index (χ1) is 6.45. The Morgan fingerprint density at radius 3 is 2.57 bits per heavy atom. The van der Waals surface area contributed by atoms with Crippen LogP contribution in [0.5, 0.6) is 0 Å². The molecule has 0 unspecified atom stereocenters. The first kappa shape index (κ1) is 11.0. The molecule has 0 atom stereocenters. The molecule has 74 valence electrons. The van der Waals surface area contributed by atoms with Crippen molar-refractivity contribution in [2.75, 3.05) is 0 Å². The SMILES string of the molecule is N#CCc1cnc(C(F)(F)F)c(Br)c1. The van der Waals surface area contributed by atoms with Gasteiger partial charge in [-0.1, -0.05) is 0 Å². The average molecular weight is 265 g/mol. The summed E-state index contributed by atoms with van der Waals surface area (Å²) in [7, 11) is 0. The Morgan fingerprint density at radius 1 is 1.50 bits per heavy atom. The summed E-state index contributed by atoms with van der Waals surface area (Å²) in [6.45, 7) is 0. The third kappa shape index (κ3) is 2.45. The lowest BCUT2D eigenvalue weighted by atomic mass is 10.2.